The predicted octanol–water partition coefficient (Wildman–Crippen LogP) is -1.64. The SMILES string of the molecule is CCNCC(=O)C[C@H](CC(=O)CN(C)CCN(CC)CC(=O)NCCC/C(N)=C/N(N)CC1CC(O)CC(O)O1)OC(=O)CN(C)CC. The summed E-state index contributed by atoms with van der Waals surface area (Å²) in [5, 5.41) is 26.7. The molecule has 1 saturated heterocycles. The zero-order valence-electron chi connectivity index (χ0n) is 29.7. The number of nitrogens with one attached hydrogen (secondary N) is 2. The Morgan fingerprint density at radius 1 is 0.979 bits per heavy atom. The van der Waals surface area contributed by atoms with Crippen LogP contribution in [-0.2, 0) is 28.7 Å². The van der Waals surface area contributed by atoms with E-state index in [1.54, 1.807) is 18.1 Å². The highest BCUT2D eigenvalue weighted by molar-refractivity contribution is 5.85. The van der Waals surface area contributed by atoms with Gasteiger partial charge in [0.15, 0.2) is 12.1 Å². The van der Waals surface area contributed by atoms with Gasteiger partial charge >= 0.3 is 5.97 Å². The van der Waals surface area contributed by atoms with Gasteiger partial charge in [0.25, 0.3) is 0 Å². The average molecular weight is 687 g/mol. The highest BCUT2D eigenvalue weighted by Gasteiger charge is 2.28. The Morgan fingerprint density at radius 2 is 1.69 bits per heavy atom. The van der Waals surface area contributed by atoms with Crippen molar-refractivity contribution in [2.24, 2.45) is 11.6 Å². The Kier molecular flexibility index (Phi) is 22.1. The quantitative estimate of drug-likeness (QED) is 0.0260. The van der Waals surface area contributed by atoms with Crippen LogP contribution in [0.3, 0.4) is 0 Å². The van der Waals surface area contributed by atoms with E-state index >= 15 is 0 Å². The molecule has 3 unspecified atom stereocenters. The number of allylic oxidation sites excluding steroid dienone is 1. The highest BCUT2D eigenvalue weighted by atomic mass is 16.6. The third-order valence-electron chi connectivity index (χ3n) is 7.85. The Morgan fingerprint density at radius 3 is 2.33 bits per heavy atom. The number of esters is 1. The van der Waals surface area contributed by atoms with Gasteiger partial charge in [0.1, 0.15) is 11.9 Å². The van der Waals surface area contributed by atoms with E-state index in [1.165, 1.54) is 5.01 Å². The van der Waals surface area contributed by atoms with Crippen molar-refractivity contribution in [2.45, 2.75) is 83.9 Å². The Labute approximate surface area is 286 Å². The fraction of sp³-hybridized carbons (Fsp3) is 0.812. The highest BCUT2D eigenvalue weighted by Crippen LogP contribution is 2.18. The second kappa shape index (κ2) is 24.4. The van der Waals surface area contributed by atoms with Gasteiger partial charge in [0, 0.05) is 57.2 Å². The number of aliphatic hydroxyl groups is 2. The number of carbonyl (C=O) groups is 4. The van der Waals surface area contributed by atoms with E-state index in [0.29, 0.717) is 64.2 Å². The van der Waals surface area contributed by atoms with Crippen molar-refractivity contribution in [3.63, 3.8) is 0 Å². The summed E-state index contributed by atoms with van der Waals surface area (Å²) in [6.45, 7) is 10.1. The molecule has 0 aromatic heterocycles. The second-order valence-electron chi connectivity index (χ2n) is 12.5. The van der Waals surface area contributed by atoms with Gasteiger partial charge in [-0.15, -0.1) is 0 Å². The minimum absolute atomic E-state index is 0.0233. The van der Waals surface area contributed by atoms with Gasteiger partial charge in [-0.25, -0.2) is 5.84 Å². The molecule has 0 spiro atoms. The number of nitrogens with two attached hydrogens (primary N) is 2. The lowest BCUT2D eigenvalue weighted by Gasteiger charge is -2.32. The molecule has 278 valence electrons. The number of hydrazine groups is 1. The largest absolute Gasteiger partial charge is 0.460 e. The van der Waals surface area contributed by atoms with Crippen LogP contribution >= 0.6 is 0 Å². The summed E-state index contributed by atoms with van der Waals surface area (Å²) in [6.07, 6.45) is 0.340. The zero-order valence-corrected chi connectivity index (χ0v) is 29.7. The maximum Gasteiger partial charge on any atom is 0.320 e. The Bertz CT molecular complexity index is 993. The van der Waals surface area contributed by atoms with Crippen LogP contribution in [0.2, 0.25) is 0 Å². The molecule has 0 bridgehead atoms. The first-order valence-electron chi connectivity index (χ1n) is 17.0. The number of nitrogens with zero attached hydrogens (tertiary/aromatic N) is 4. The van der Waals surface area contributed by atoms with E-state index in [4.69, 9.17) is 21.1 Å². The van der Waals surface area contributed by atoms with E-state index in [9.17, 15) is 29.4 Å². The maximum absolute atomic E-state index is 12.9. The molecule has 48 heavy (non-hydrogen) atoms. The van der Waals surface area contributed by atoms with Gasteiger partial charge in [-0.05, 0) is 46.6 Å². The maximum atomic E-state index is 12.9. The summed E-state index contributed by atoms with van der Waals surface area (Å²) in [4.78, 5) is 55.8. The summed E-state index contributed by atoms with van der Waals surface area (Å²) in [6, 6.07) is 0. The molecule has 0 aromatic carbocycles. The second-order valence-corrected chi connectivity index (χ2v) is 12.5. The molecule has 1 fully saturated rings. The monoisotopic (exact) mass is 686 g/mol. The molecule has 0 aromatic rings. The lowest BCUT2D eigenvalue weighted by Crippen LogP contribution is -2.43. The van der Waals surface area contributed by atoms with Crippen LogP contribution in [0.5, 0.6) is 0 Å². The van der Waals surface area contributed by atoms with E-state index in [-0.39, 0.29) is 69.5 Å². The number of ether oxygens (including phenoxy) is 2. The number of Topliss-reactive ketones (excluding diaryl/α,β-unsaturated/α-hetero) is 2. The molecule has 8 N–H and O–H groups in total. The van der Waals surface area contributed by atoms with Crippen LogP contribution in [0.4, 0.5) is 0 Å². The predicted molar refractivity (Wildman–Crippen MR) is 182 cm³/mol. The molecular weight excluding hydrogens is 624 g/mol. The molecule has 0 radical (unpaired) electrons. The van der Waals surface area contributed by atoms with Crippen molar-refractivity contribution in [2.75, 3.05) is 86.1 Å². The first-order chi connectivity index (χ1) is 22.7. The number of rotatable bonds is 26. The van der Waals surface area contributed by atoms with Gasteiger partial charge in [0.05, 0.1) is 44.9 Å². The van der Waals surface area contributed by atoms with E-state index in [2.05, 4.69) is 10.6 Å². The number of ketones is 2. The number of likely N-dealkylation sites (N-methyl/N-ethyl adjacent to an activating group) is 4. The summed E-state index contributed by atoms with van der Waals surface area (Å²) < 4.78 is 10.9. The van der Waals surface area contributed by atoms with Crippen molar-refractivity contribution in [3.05, 3.63) is 11.9 Å². The molecule has 16 heteroatoms. The molecule has 1 aliphatic heterocycles. The van der Waals surface area contributed by atoms with Gasteiger partial charge < -0.3 is 41.1 Å². The van der Waals surface area contributed by atoms with Gasteiger partial charge in [-0.2, -0.15) is 0 Å². The molecule has 1 heterocycles. The van der Waals surface area contributed by atoms with Crippen molar-refractivity contribution in [1.29, 1.82) is 0 Å². The fourth-order valence-corrected chi connectivity index (χ4v) is 5.09. The van der Waals surface area contributed by atoms with Crippen molar-refractivity contribution in [3.8, 4) is 0 Å². The van der Waals surface area contributed by atoms with Crippen molar-refractivity contribution >= 4 is 23.4 Å². The molecule has 1 aliphatic rings. The topological polar surface area (TPSA) is 216 Å². The summed E-state index contributed by atoms with van der Waals surface area (Å²) in [7, 11) is 3.61. The average Bonchev–Trinajstić information content (AvgIpc) is 2.99. The minimum atomic E-state index is -1.01. The number of amides is 1. The number of hydrogen-bond acceptors (Lipinski definition) is 15. The standard InChI is InChI=1S/C32H62N8O8/c1-6-35-18-26(42)15-28(47-32(46)23-37(4)7-2)16-27(43)20-38(5)12-13-39(8-3)22-30(44)36-11-9-10-24(33)19-40(34)21-29-14-25(41)17-31(45)48-29/h19,25,28-29,31,35,41,45H,6-18,20-23,33-34H2,1-5H3,(H,36,44)/b24-19-/t25?,28-,29?,31?/m1/s1. The molecule has 16 nitrogen and oxygen atoms in total. The van der Waals surface area contributed by atoms with Crippen LogP contribution in [0.1, 0.15) is 59.3 Å². The van der Waals surface area contributed by atoms with Gasteiger partial charge in [-0.1, -0.05) is 20.8 Å². The fourth-order valence-electron chi connectivity index (χ4n) is 5.09. The van der Waals surface area contributed by atoms with Gasteiger partial charge in [0.2, 0.25) is 5.91 Å². The van der Waals surface area contributed by atoms with Crippen LogP contribution < -0.4 is 22.2 Å². The van der Waals surface area contributed by atoms with E-state index in [1.807, 2.05) is 37.6 Å². The molecule has 4 atom stereocenters. The first kappa shape index (κ1) is 43.3. The molecule has 0 aliphatic carbocycles. The summed E-state index contributed by atoms with van der Waals surface area (Å²) >= 11 is 0. The number of hydrogen-bond donors (Lipinski definition) is 6. The third-order valence-corrected chi connectivity index (χ3v) is 7.85. The third kappa shape index (κ3) is 20.6. The lowest BCUT2D eigenvalue weighted by molar-refractivity contribution is -0.191. The van der Waals surface area contributed by atoms with Crippen molar-refractivity contribution < 1.29 is 38.9 Å². The molecular formula is C32H62N8O8. The minimum Gasteiger partial charge on any atom is -0.460 e. The van der Waals surface area contributed by atoms with Crippen LogP contribution in [0, 0.1) is 0 Å². The summed E-state index contributed by atoms with van der Waals surface area (Å²) in [5.41, 5.74) is 6.61. The molecule has 1 amide bonds. The molecule has 1 rings (SSSR count). The Balaban J connectivity index is 2.42. The summed E-state index contributed by atoms with van der Waals surface area (Å²) in [5.74, 6) is 5.14. The van der Waals surface area contributed by atoms with Crippen molar-refractivity contribution in [1.82, 2.24) is 30.3 Å². The normalized spacial score (nSPS) is 19.1. The number of aliphatic hydroxyl groups excluding tert-OH is 2. The molecule has 0 saturated carbocycles. The van der Waals surface area contributed by atoms with Crippen LogP contribution in [0.25, 0.3) is 0 Å². The number of carbonyl (C=O) groups excluding carboxylic acids is 4. The zero-order chi connectivity index (χ0) is 36.1. The first-order valence-corrected chi connectivity index (χ1v) is 17.0. The van der Waals surface area contributed by atoms with Crippen LogP contribution in [0.15, 0.2) is 11.9 Å². The van der Waals surface area contributed by atoms with Gasteiger partial charge in [-0.3, -0.25) is 33.9 Å². The Hall–Kier alpha value is -2.70. The smallest absolute Gasteiger partial charge is 0.320 e. The van der Waals surface area contributed by atoms with E-state index < -0.39 is 30.6 Å². The lowest BCUT2D eigenvalue weighted by atomic mass is 10.1. The van der Waals surface area contributed by atoms with E-state index in [0.717, 1.165) is 0 Å². The van der Waals surface area contributed by atoms with Crippen LogP contribution in [-0.4, -0.2) is 164 Å².